The van der Waals surface area contributed by atoms with Crippen molar-refractivity contribution in [2.75, 3.05) is 0 Å². The predicted octanol–water partition coefficient (Wildman–Crippen LogP) is 2.41. The van der Waals surface area contributed by atoms with E-state index in [4.69, 9.17) is 0 Å². The van der Waals surface area contributed by atoms with E-state index in [1.807, 2.05) is 17.8 Å². The molecule has 3 nitrogen and oxygen atoms in total. The standard InChI is InChI=1S/C11H18BrN3/c1-5-8(3)13-7-10-11(12)9(6-2)14-15(10)4/h5,8,13H,1,6-7H2,2-4H3. The van der Waals surface area contributed by atoms with Crippen LogP contribution in [0.5, 0.6) is 0 Å². The number of nitrogens with zero attached hydrogens (tertiary/aromatic N) is 2. The van der Waals surface area contributed by atoms with E-state index in [0.717, 1.165) is 23.1 Å². The Morgan fingerprint density at radius 1 is 1.67 bits per heavy atom. The van der Waals surface area contributed by atoms with Gasteiger partial charge in [0, 0.05) is 19.6 Å². The maximum atomic E-state index is 4.44. The summed E-state index contributed by atoms with van der Waals surface area (Å²) < 4.78 is 3.04. The lowest BCUT2D eigenvalue weighted by Gasteiger charge is -2.09. The molecule has 0 aliphatic heterocycles. The third kappa shape index (κ3) is 2.92. The Morgan fingerprint density at radius 3 is 2.80 bits per heavy atom. The molecule has 1 unspecified atom stereocenters. The Morgan fingerprint density at radius 2 is 2.33 bits per heavy atom. The van der Waals surface area contributed by atoms with Crippen LogP contribution in [0.3, 0.4) is 0 Å². The van der Waals surface area contributed by atoms with Crippen LogP contribution in [0.4, 0.5) is 0 Å². The molecule has 1 aromatic heterocycles. The Balaban J connectivity index is 2.76. The molecule has 0 spiro atoms. The van der Waals surface area contributed by atoms with E-state index in [0.29, 0.717) is 6.04 Å². The highest BCUT2D eigenvalue weighted by Crippen LogP contribution is 2.21. The second-order valence-corrected chi connectivity index (χ2v) is 4.38. The first-order valence-electron chi connectivity index (χ1n) is 5.16. The normalized spacial score (nSPS) is 12.8. The van der Waals surface area contributed by atoms with Gasteiger partial charge in [-0.2, -0.15) is 5.10 Å². The maximum absolute atomic E-state index is 4.44. The molecule has 84 valence electrons. The minimum Gasteiger partial charge on any atom is -0.305 e. The summed E-state index contributed by atoms with van der Waals surface area (Å²) >= 11 is 3.59. The fourth-order valence-corrected chi connectivity index (χ4v) is 2.11. The average molecular weight is 272 g/mol. The van der Waals surface area contributed by atoms with Crippen molar-refractivity contribution in [3.8, 4) is 0 Å². The van der Waals surface area contributed by atoms with Gasteiger partial charge >= 0.3 is 0 Å². The summed E-state index contributed by atoms with van der Waals surface area (Å²) in [6.07, 6.45) is 2.84. The number of aryl methyl sites for hydroxylation is 2. The zero-order chi connectivity index (χ0) is 11.4. The number of halogens is 1. The summed E-state index contributed by atoms with van der Waals surface area (Å²) in [7, 11) is 1.97. The van der Waals surface area contributed by atoms with Crippen molar-refractivity contribution in [2.24, 2.45) is 7.05 Å². The molecule has 0 fully saturated rings. The fraction of sp³-hybridized carbons (Fsp3) is 0.545. The van der Waals surface area contributed by atoms with Gasteiger partial charge in [-0.05, 0) is 29.3 Å². The Kier molecular flexibility index (Phi) is 4.54. The molecule has 1 N–H and O–H groups in total. The summed E-state index contributed by atoms with van der Waals surface area (Å²) in [6.45, 7) is 8.73. The van der Waals surface area contributed by atoms with Crippen molar-refractivity contribution >= 4 is 15.9 Å². The van der Waals surface area contributed by atoms with E-state index >= 15 is 0 Å². The topological polar surface area (TPSA) is 29.9 Å². The van der Waals surface area contributed by atoms with Crippen molar-refractivity contribution in [3.05, 3.63) is 28.5 Å². The average Bonchev–Trinajstić information content (AvgIpc) is 2.51. The first kappa shape index (κ1) is 12.5. The third-order valence-corrected chi connectivity index (χ3v) is 3.36. The largest absolute Gasteiger partial charge is 0.305 e. The van der Waals surface area contributed by atoms with Gasteiger partial charge in [-0.15, -0.1) is 6.58 Å². The monoisotopic (exact) mass is 271 g/mol. The SMILES string of the molecule is C=CC(C)NCc1c(Br)c(CC)nn1C. The quantitative estimate of drug-likeness (QED) is 0.834. The predicted molar refractivity (Wildman–Crippen MR) is 66.8 cm³/mol. The van der Waals surface area contributed by atoms with Gasteiger partial charge in [0.1, 0.15) is 0 Å². The van der Waals surface area contributed by atoms with E-state index in [1.54, 1.807) is 0 Å². The summed E-state index contributed by atoms with van der Waals surface area (Å²) in [5.74, 6) is 0. The van der Waals surface area contributed by atoms with Crippen LogP contribution < -0.4 is 5.32 Å². The highest BCUT2D eigenvalue weighted by Gasteiger charge is 2.12. The molecule has 0 aliphatic rings. The molecule has 4 heteroatoms. The second-order valence-electron chi connectivity index (χ2n) is 3.59. The number of rotatable bonds is 5. The van der Waals surface area contributed by atoms with Crippen molar-refractivity contribution in [1.29, 1.82) is 0 Å². The highest BCUT2D eigenvalue weighted by molar-refractivity contribution is 9.10. The van der Waals surface area contributed by atoms with E-state index in [9.17, 15) is 0 Å². The molecule has 1 heterocycles. The Hall–Kier alpha value is -0.610. The molecular weight excluding hydrogens is 254 g/mol. The number of hydrogen-bond acceptors (Lipinski definition) is 2. The Bertz CT molecular complexity index is 344. The first-order chi connectivity index (χ1) is 7.10. The van der Waals surface area contributed by atoms with Crippen LogP contribution in [0, 0.1) is 0 Å². The molecule has 1 rings (SSSR count). The van der Waals surface area contributed by atoms with Crippen molar-refractivity contribution in [3.63, 3.8) is 0 Å². The summed E-state index contributed by atoms with van der Waals surface area (Å²) in [4.78, 5) is 0. The molecule has 1 atom stereocenters. The lowest BCUT2D eigenvalue weighted by molar-refractivity contribution is 0.589. The van der Waals surface area contributed by atoms with Gasteiger partial charge < -0.3 is 5.32 Å². The van der Waals surface area contributed by atoms with Gasteiger partial charge in [0.15, 0.2) is 0 Å². The fourth-order valence-electron chi connectivity index (χ4n) is 1.35. The van der Waals surface area contributed by atoms with Crippen LogP contribution in [0.25, 0.3) is 0 Å². The van der Waals surface area contributed by atoms with Crippen LogP contribution in [-0.4, -0.2) is 15.8 Å². The molecule has 0 saturated heterocycles. The van der Waals surface area contributed by atoms with E-state index in [2.05, 4.69) is 46.8 Å². The van der Waals surface area contributed by atoms with Crippen LogP contribution in [0.1, 0.15) is 25.2 Å². The minimum atomic E-state index is 0.317. The molecule has 0 radical (unpaired) electrons. The molecule has 0 aliphatic carbocycles. The van der Waals surface area contributed by atoms with E-state index in [1.165, 1.54) is 5.69 Å². The summed E-state index contributed by atoms with van der Waals surface area (Å²) in [5, 5.41) is 7.80. The van der Waals surface area contributed by atoms with Crippen molar-refractivity contribution < 1.29 is 0 Å². The lowest BCUT2D eigenvalue weighted by Crippen LogP contribution is -2.24. The maximum Gasteiger partial charge on any atom is 0.0767 e. The van der Waals surface area contributed by atoms with Crippen LogP contribution in [-0.2, 0) is 20.0 Å². The van der Waals surface area contributed by atoms with Gasteiger partial charge in [-0.3, -0.25) is 4.68 Å². The highest BCUT2D eigenvalue weighted by atomic mass is 79.9. The van der Waals surface area contributed by atoms with Gasteiger partial charge in [0.2, 0.25) is 0 Å². The Labute approximate surface area is 99.7 Å². The number of aromatic nitrogens is 2. The zero-order valence-corrected chi connectivity index (χ0v) is 11.1. The molecule has 0 aromatic carbocycles. The van der Waals surface area contributed by atoms with Gasteiger partial charge in [-0.25, -0.2) is 0 Å². The number of nitrogens with one attached hydrogen (secondary N) is 1. The summed E-state index contributed by atoms with van der Waals surface area (Å²) in [6, 6.07) is 0.317. The van der Waals surface area contributed by atoms with E-state index in [-0.39, 0.29) is 0 Å². The van der Waals surface area contributed by atoms with Gasteiger partial charge in [0.05, 0.1) is 15.9 Å². The van der Waals surface area contributed by atoms with Gasteiger partial charge in [-0.1, -0.05) is 13.0 Å². The van der Waals surface area contributed by atoms with E-state index < -0.39 is 0 Å². The minimum absolute atomic E-state index is 0.317. The van der Waals surface area contributed by atoms with Crippen LogP contribution in [0.2, 0.25) is 0 Å². The molecule has 0 saturated carbocycles. The summed E-state index contributed by atoms with van der Waals surface area (Å²) in [5.41, 5.74) is 2.29. The second kappa shape index (κ2) is 5.47. The smallest absolute Gasteiger partial charge is 0.0767 e. The molecule has 15 heavy (non-hydrogen) atoms. The molecular formula is C11H18BrN3. The number of hydrogen-bond donors (Lipinski definition) is 1. The zero-order valence-electron chi connectivity index (χ0n) is 9.55. The third-order valence-electron chi connectivity index (χ3n) is 2.45. The molecule has 1 aromatic rings. The molecule has 0 amide bonds. The van der Waals surface area contributed by atoms with Crippen molar-refractivity contribution in [1.82, 2.24) is 15.1 Å². The van der Waals surface area contributed by atoms with Crippen LogP contribution >= 0.6 is 15.9 Å². The van der Waals surface area contributed by atoms with Crippen molar-refractivity contribution in [2.45, 2.75) is 32.9 Å². The lowest BCUT2D eigenvalue weighted by atomic mass is 10.3. The van der Waals surface area contributed by atoms with Gasteiger partial charge in [0.25, 0.3) is 0 Å². The molecule has 0 bridgehead atoms. The first-order valence-corrected chi connectivity index (χ1v) is 5.95. The van der Waals surface area contributed by atoms with Crippen LogP contribution in [0.15, 0.2) is 17.1 Å².